The van der Waals surface area contributed by atoms with Gasteiger partial charge in [-0.2, -0.15) is 0 Å². The molecule has 0 spiro atoms. The maximum absolute atomic E-state index is 13.4. The van der Waals surface area contributed by atoms with Crippen LogP contribution in [-0.2, 0) is 6.54 Å². The minimum Gasteiger partial charge on any atom is -0.294 e. The first-order valence-electron chi connectivity index (χ1n) is 6.02. The van der Waals surface area contributed by atoms with Gasteiger partial charge in [0.25, 0.3) is 5.56 Å². The summed E-state index contributed by atoms with van der Waals surface area (Å²) in [6, 6.07) is 11.7. The molecule has 1 heterocycles. The largest absolute Gasteiger partial charge is 0.294 e. The second-order valence-corrected chi connectivity index (χ2v) is 5.39. The summed E-state index contributed by atoms with van der Waals surface area (Å²) in [5.74, 6) is -0.337. The number of rotatable bonds is 2. The zero-order chi connectivity index (χ0) is 14.1. The zero-order valence-corrected chi connectivity index (χ0v) is 12.0. The fraction of sp³-hybridized carbons (Fsp3) is 0.0667. The van der Waals surface area contributed by atoms with Crippen LogP contribution in [0.4, 0.5) is 4.39 Å². The molecule has 0 atom stereocenters. The molecule has 0 saturated carbocycles. The maximum Gasteiger partial charge on any atom is 0.261 e. The molecule has 0 amide bonds. The lowest BCUT2D eigenvalue weighted by molar-refractivity contribution is 0.621. The Labute approximate surface area is 122 Å². The van der Waals surface area contributed by atoms with Crippen LogP contribution in [0.25, 0.3) is 10.9 Å². The normalized spacial score (nSPS) is 10.9. The van der Waals surface area contributed by atoms with Crippen LogP contribution in [0.3, 0.4) is 0 Å². The molecule has 0 unspecified atom stereocenters. The van der Waals surface area contributed by atoms with Gasteiger partial charge >= 0.3 is 0 Å². The average Bonchev–Trinajstić information content (AvgIpc) is 2.41. The fourth-order valence-electron chi connectivity index (χ4n) is 2.12. The average molecular weight is 333 g/mol. The number of hydrogen-bond donors (Lipinski definition) is 0. The Morgan fingerprint density at radius 2 is 2.00 bits per heavy atom. The predicted octanol–water partition coefficient (Wildman–Crippen LogP) is 3.35. The molecule has 0 radical (unpaired) electrons. The molecule has 3 rings (SSSR count). The Kier molecular flexibility index (Phi) is 3.36. The molecule has 0 saturated heterocycles. The molecule has 3 aromatic rings. The molecule has 2 aromatic carbocycles. The van der Waals surface area contributed by atoms with Crippen LogP contribution >= 0.6 is 15.9 Å². The first-order chi connectivity index (χ1) is 9.63. The number of benzene rings is 2. The van der Waals surface area contributed by atoms with Gasteiger partial charge in [0.1, 0.15) is 5.82 Å². The Morgan fingerprint density at radius 1 is 1.20 bits per heavy atom. The molecule has 3 nitrogen and oxygen atoms in total. The van der Waals surface area contributed by atoms with E-state index < -0.39 is 0 Å². The van der Waals surface area contributed by atoms with Crippen molar-refractivity contribution < 1.29 is 4.39 Å². The topological polar surface area (TPSA) is 34.9 Å². The highest BCUT2D eigenvalue weighted by molar-refractivity contribution is 9.10. The Bertz CT molecular complexity index is 824. The van der Waals surface area contributed by atoms with Crippen LogP contribution in [-0.4, -0.2) is 9.55 Å². The molecule has 1 aromatic heterocycles. The van der Waals surface area contributed by atoms with Crippen molar-refractivity contribution in [1.29, 1.82) is 0 Å². The molecular weight excluding hydrogens is 323 g/mol. The molecule has 5 heteroatoms. The third-order valence-electron chi connectivity index (χ3n) is 3.01. The molecule has 0 fully saturated rings. The number of para-hydroxylation sites is 1. The number of nitrogens with zero attached hydrogens (tertiary/aromatic N) is 2. The third-order valence-corrected chi connectivity index (χ3v) is 3.46. The Balaban J connectivity index is 2.07. The summed E-state index contributed by atoms with van der Waals surface area (Å²) >= 11 is 3.24. The van der Waals surface area contributed by atoms with Gasteiger partial charge in [0.2, 0.25) is 0 Å². The molecule has 0 aliphatic carbocycles. The van der Waals surface area contributed by atoms with Gasteiger partial charge < -0.3 is 0 Å². The smallest absolute Gasteiger partial charge is 0.261 e. The lowest BCUT2D eigenvalue weighted by Crippen LogP contribution is -2.21. The summed E-state index contributed by atoms with van der Waals surface area (Å²) in [4.78, 5) is 16.6. The minimum absolute atomic E-state index is 0.129. The van der Waals surface area contributed by atoms with E-state index in [1.165, 1.54) is 23.0 Å². The second kappa shape index (κ2) is 5.17. The Morgan fingerprint density at radius 3 is 2.80 bits per heavy atom. The predicted molar refractivity (Wildman–Crippen MR) is 79.2 cm³/mol. The van der Waals surface area contributed by atoms with E-state index in [0.717, 1.165) is 0 Å². The van der Waals surface area contributed by atoms with Gasteiger partial charge in [-0.3, -0.25) is 9.36 Å². The molecule has 0 aliphatic heterocycles. The van der Waals surface area contributed by atoms with Crippen molar-refractivity contribution in [2.75, 3.05) is 0 Å². The van der Waals surface area contributed by atoms with E-state index in [1.54, 1.807) is 24.3 Å². The molecular formula is C15H10BrFN2O. The van der Waals surface area contributed by atoms with Crippen LogP contribution in [0.5, 0.6) is 0 Å². The van der Waals surface area contributed by atoms with Crippen LogP contribution in [0.15, 0.2) is 58.1 Å². The van der Waals surface area contributed by atoms with Gasteiger partial charge in [0, 0.05) is 4.47 Å². The van der Waals surface area contributed by atoms with Gasteiger partial charge in [0.05, 0.1) is 23.8 Å². The van der Waals surface area contributed by atoms with E-state index in [9.17, 15) is 9.18 Å². The summed E-state index contributed by atoms with van der Waals surface area (Å²) < 4.78 is 15.5. The molecule has 100 valence electrons. The standard InChI is InChI=1S/C15H10BrFN2O/c16-11-5-10(6-12(17)7-11)8-19-9-18-14-4-2-1-3-13(14)15(19)20/h1-7,9H,8H2. The monoisotopic (exact) mass is 332 g/mol. The summed E-state index contributed by atoms with van der Waals surface area (Å²) in [7, 11) is 0. The first-order valence-corrected chi connectivity index (χ1v) is 6.82. The van der Waals surface area contributed by atoms with Crippen LogP contribution < -0.4 is 5.56 Å². The van der Waals surface area contributed by atoms with Gasteiger partial charge in [0.15, 0.2) is 0 Å². The van der Waals surface area contributed by atoms with Crippen molar-refractivity contribution >= 4 is 26.8 Å². The van der Waals surface area contributed by atoms with Gasteiger partial charge in [-0.15, -0.1) is 0 Å². The fourth-order valence-corrected chi connectivity index (χ4v) is 2.63. The molecule has 0 N–H and O–H groups in total. The highest BCUT2D eigenvalue weighted by Gasteiger charge is 2.05. The van der Waals surface area contributed by atoms with Crippen molar-refractivity contribution in [3.63, 3.8) is 0 Å². The maximum atomic E-state index is 13.4. The van der Waals surface area contributed by atoms with Crippen LogP contribution in [0, 0.1) is 5.82 Å². The third kappa shape index (κ3) is 2.49. The van der Waals surface area contributed by atoms with Crippen molar-refractivity contribution in [3.8, 4) is 0 Å². The zero-order valence-electron chi connectivity index (χ0n) is 10.4. The van der Waals surface area contributed by atoms with E-state index in [1.807, 2.05) is 6.07 Å². The molecule has 0 bridgehead atoms. The van der Waals surface area contributed by atoms with Gasteiger partial charge in [-0.1, -0.05) is 28.1 Å². The molecule has 0 aliphatic rings. The summed E-state index contributed by atoms with van der Waals surface area (Å²) in [6.45, 7) is 0.285. The highest BCUT2D eigenvalue weighted by atomic mass is 79.9. The summed E-state index contributed by atoms with van der Waals surface area (Å²) in [6.07, 6.45) is 1.49. The van der Waals surface area contributed by atoms with Crippen LogP contribution in [0.2, 0.25) is 0 Å². The Hall–Kier alpha value is -2.01. The molecule has 20 heavy (non-hydrogen) atoms. The first kappa shape index (κ1) is 13.0. The van der Waals surface area contributed by atoms with Crippen LogP contribution in [0.1, 0.15) is 5.56 Å². The van der Waals surface area contributed by atoms with E-state index in [4.69, 9.17) is 0 Å². The quantitative estimate of drug-likeness (QED) is 0.721. The number of fused-ring (bicyclic) bond motifs is 1. The minimum atomic E-state index is -0.337. The van der Waals surface area contributed by atoms with Crippen molar-refractivity contribution in [3.05, 3.63) is 75.0 Å². The van der Waals surface area contributed by atoms with E-state index in [-0.39, 0.29) is 17.9 Å². The van der Waals surface area contributed by atoms with Crippen molar-refractivity contribution in [2.24, 2.45) is 0 Å². The highest BCUT2D eigenvalue weighted by Crippen LogP contribution is 2.15. The SMILES string of the molecule is O=c1c2ccccc2ncn1Cc1cc(F)cc(Br)c1. The van der Waals surface area contributed by atoms with Crippen molar-refractivity contribution in [1.82, 2.24) is 9.55 Å². The summed E-state index contributed by atoms with van der Waals surface area (Å²) in [5, 5.41) is 0.561. The van der Waals surface area contributed by atoms with E-state index >= 15 is 0 Å². The van der Waals surface area contributed by atoms with Crippen molar-refractivity contribution in [2.45, 2.75) is 6.54 Å². The van der Waals surface area contributed by atoms with E-state index in [2.05, 4.69) is 20.9 Å². The summed E-state index contributed by atoms with van der Waals surface area (Å²) in [5.41, 5.74) is 1.24. The number of aromatic nitrogens is 2. The van der Waals surface area contributed by atoms with Gasteiger partial charge in [-0.05, 0) is 35.9 Å². The number of hydrogen-bond acceptors (Lipinski definition) is 2. The second-order valence-electron chi connectivity index (χ2n) is 4.47. The number of halogens is 2. The lowest BCUT2D eigenvalue weighted by Gasteiger charge is -2.07. The van der Waals surface area contributed by atoms with E-state index in [0.29, 0.717) is 20.9 Å². The lowest BCUT2D eigenvalue weighted by atomic mass is 10.2. The van der Waals surface area contributed by atoms with Gasteiger partial charge in [-0.25, -0.2) is 9.37 Å².